The summed E-state index contributed by atoms with van der Waals surface area (Å²) in [6, 6.07) is 14.4. The molecule has 5 heteroatoms. The largest absolute Gasteiger partial charge is 0.353 e. The number of carbonyl (C=O) groups excluding carboxylic acids is 1. The molecule has 1 saturated heterocycles. The van der Waals surface area contributed by atoms with Crippen molar-refractivity contribution in [2.45, 2.75) is 26.2 Å². The number of hydrogen-bond acceptors (Lipinski definition) is 4. The number of rotatable bonds is 5. The highest BCUT2D eigenvalue weighted by molar-refractivity contribution is 5.82. The summed E-state index contributed by atoms with van der Waals surface area (Å²) in [5.74, 6) is 1.26. The van der Waals surface area contributed by atoms with Gasteiger partial charge in [-0.05, 0) is 49.1 Å². The molecular weight excluding hydrogens is 348 g/mol. The van der Waals surface area contributed by atoms with Gasteiger partial charge < -0.3 is 9.80 Å². The van der Waals surface area contributed by atoms with Crippen molar-refractivity contribution >= 4 is 22.6 Å². The Morgan fingerprint density at radius 1 is 1.00 bits per heavy atom. The van der Waals surface area contributed by atoms with Gasteiger partial charge in [0.15, 0.2) is 0 Å². The summed E-state index contributed by atoms with van der Waals surface area (Å²) in [4.78, 5) is 25.8. The smallest absolute Gasteiger partial charge is 0.222 e. The Morgan fingerprint density at radius 3 is 2.64 bits per heavy atom. The summed E-state index contributed by atoms with van der Waals surface area (Å²) >= 11 is 0. The summed E-state index contributed by atoms with van der Waals surface area (Å²) in [6.07, 6.45) is 6.09. The van der Waals surface area contributed by atoms with E-state index in [2.05, 4.69) is 39.1 Å². The van der Waals surface area contributed by atoms with E-state index < -0.39 is 0 Å². The first-order valence-electron chi connectivity index (χ1n) is 9.99. The van der Waals surface area contributed by atoms with E-state index in [0.29, 0.717) is 6.42 Å². The van der Waals surface area contributed by atoms with Gasteiger partial charge in [0.2, 0.25) is 5.91 Å². The van der Waals surface area contributed by atoms with Crippen molar-refractivity contribution in [3.05, 3.63) is 66.0 Å². The lowest BCUT2D eigenvalue weighted by atomic mass is 10.0. The van der Waals surface area contributed by atoms with Crippen LogP contribution < -0.4 is 4.90 Å². The molecule has 0 spiro atoms. The Balaban J connectivity index is 1.27. The lowest BCUT2D eigenvalue weighted by Gasteiger charge is -2.35. The van der Waals surface area contributed by atoms with Crippen molar-refractivity contribution in [2.75, 3.05) is 31.1 Å². The van der Waals surface area contributed by atoms with Crippen molar-refractivity contribution in [3.63, 3.8) is 0 Å². The first-order valence-corrected chi connectivity index (χ1v) is 9.99. The zero-order valence-corrected chi connectivity index (χ0v) is 16.3. The van der Waals surface area contributed by atoms with E-state index in [0.717, 1.165) is 50.4 Å². The van der Waals surface area contributed by atoms with E-state index in [1.54, 1.807) is 0 Å². The van der Waals surface area contributed by atoms with Gasteiger partial charge in [0.05, 0.1) is 5.52 Å². The minimum atomic E-state index is 0.259. The second kappa shape index (κ2) is 8.38. The number of fused-ring (bicyclic) bond motifs is 1. The number of piperazine rings is 1. The Morgan fingerprint density at radius 2 is 1.86 bits per heavy atom. The number of carbonyl (C=O) groups is 1. The van der Waals surface area contributed by atoms with E-state index >= 15 is 0 Å². The molecule has 0 aliphatic carbocycles. The standard InChI is InChI=1S/C23H26N4O/c1-18-10-11-22(25-17-18)26-13-15-27(16-14-26)23(28)9-3-6-19-5-2-8-21-20(19)7-4-12-24-21/h2,4-5,7-8,10-12,17H,3,6,9,13-16H2,1H3. The van der Waals surface area contributed by atoms with Gasteiger partial charge in [-0.2, -0.15) is 0 Å². The number of nitrogens with zero attached hydrogens (tertiary/aromatic N) is 4. The summed E-state index contributed by atoms with van der Waals surface area (Å²) in [5, 5.41) is 1.19. The molecule has 2 aromatic heterocycles. The normalized spacial score (nSPS) is 14.5. The second-order valence-corrected chi connectivity index (χ2v) is 7.40. The van der Waals surface area contributed by atoms with Crippen molar-refractivity contribution < 1.29 is 4.79 Å². The molecule has 0 radical (unpaired) electrons. The van der Waals surface area contributed by atoms with Gasteiger partial charge in [0, 0.05) is 50.4 Å². The fraction of sp³-hybridized carbons (Fsp3) is 0.348. The average Bonchev–Trinajstić information content (AvgIpc) is 2.74. The summed E-state index contributed by atoms with van der Waals surface area (Å²) in [5.41, 5.74) is 3.46. The topological polar surface area (TPSA) is 49.3 Å². The molecule has 144 valence electrons. The number of amides is 1. The number of aryl methyl sites for hydroxylation is 2. The summed E-state index contributed by atoms with van der Waals surface area (Å²) in [7, 11) is 0. The third-order valence-electron chi connectivity index (χ3n) is 5.42. The first-order chi connectivity index (χ1) is 13.7. The van der Waals surface area contributed by atoms with Crippen LogP contribution >= 0.6 is 0 Å². The molecule has 28 heavy (non-hydrogen) atoms. The maximum atomic E-state index is 12.6. The highest BCUT2D eigenvalue weighted by atomic mass is 16.2. The fourth-order valence-electron chi connectivity index (χ4n) is 3.81. The predicted molar refractivity (Wildman–Crippen MR) is 112 cm³/mol. The third kappa shape index (κ3) is 4.14. The molecule has 1 aromatic carbocycles. The molecular formula is C23H26N4O. The molecule has 1 aliphatic rings. The lowest BCUT2D eigenvalue weighted by molar-refractivity contribution is -0.131. The molecule has 1 amide bonds. The minimum absolute atomic E-state index is 0.259. The predicted octanol–water partition coefficient (Wildman–Crippen LogP) is 3.61. The van der Waals surface area contributed by atoms with Crippen molar-refractivity contribution in [2.24, 2.45) is 0 Å². The van der Waals surface area contributed by atoms with Crippen molar-refractivity contribution in [1.82, 2.24) is 14.9 Å². The molecule has 0 saturated carbocycles. The van der Waals surface area contributed by atoms with E-state index in [1.807, 2.05) is 42.4 Å². The van der Waals surface area contributed by atoms with Gasteiger partial charge in [-0.25, -0.2) is 4.98 Å². The summed E-state index contributed by atoms with van der Waals surface area (Å²) < 4.78 is 0. The van der Waals surface area contributed by atoms with Crippen LogP contribution in [0.1, 0.15) is 24.0 Å². The van der Waals surface area contributed by atoms with Crippen LogP contribution in [-0.2, 0) is 11.2 Å². The molecule has 5 nitrogen and oxygen atoms in total. The Kier molecular flexibility index (Phi) is 5.51. The van der Waals surface area contributed by atoms with Crippen LogP contribution in [0.15, 0.2) is 54.9 Å². The average molecular weight is 374 g/mol. The van der Waals surface area contributed by atoms with Gasteiger partial charge >= 0.3 is 0 Å². The van der Waals surface area contributed by atoms with Crippen LogP contribution in [0.2, 0.25) is 0 Å². The SMILES string of the molecule is Cc1ccc(N2CCN(C(=O)CCCc3cccc4ncccc34)CC2)nc1. The number of pyridine rings is 2. The minimum Gasteiger partial charge on any atom is -0.353 e. The zero-order chi connectivity index (χ0) is 19.3. The Labute approximate surface area is 166 Å². The highest BCUT2D eigenvalue weighted by Crippen LogP contribution is 2.19. The number of benzene rings is 1. The van der Waals surface area contributed by atoms with Gasteiger partial charge in [-0.3, -0.25) is 9.78 Å². The molecule has 0 unspecified atom stereocenters. The lowest BCUT2D eigenvalue weighted by Crippen LogP contribution is -2.49. The van der Waals surface area contributed by atoms with Crippen LogP contribution in [-0.4, -0.2) is 47.0 Å². The maximum absolute atomic E-state index is 12.6. The van der Waals surface area contributed by atoms with Crippen LogP contribution in [0.5, 0.6) is 0 Å². The maximum Gasteiger partial charge on any atom is 0.222 e. The molecule has 3 aromatic rings. The van der Waals surface area contributed by atoms with Crippen LogP contribution in [0.4, 0.5) is 5.82 Å². The van der Waals surface area contributed by atoms with Gasteiger partial charge in [-0.1, -0.05) is 24.3 Å². The van der Waals surface area contributed by atoms with E-state index in [-0.39, 0.29) is 5.91 Å². The van der Waals surface area contributed by atoms with Crippen LogP contribution in [0, 0.1) is 6.92 Å². The van der Waals surface area contributed by atoms with Gasteiger partial charge in [0.1, 0.15) is 5.82 Å². The number of anilines is 1. The molecule has 0 bridgehead atoms. The monoisotopic (exact) mass is 374 g/mol. The molecule has 1 aliphatic heterocycles. The molecule has 1 fully saturated rings. The quantitative estimate of drug-likeness (QED) is 0.685. The van der Waals surface area contributed by atoms with Crippen LogP contribution in [0.25, 0.3) is 10.9 Å². The Bertz CT molecular complexity index is 941. The Hall–Kier alpha value is -2.95. The second-order valence-electron chi connectivity index (χ2n) is 7.40. The van der Waals surface area contributed by atoms with E-state index in [9.17, 15) is 4.79 Å². The third-order valence-corrected chi connectivity index (χ3v) is 5.42. The van der Waals surface area contributed by atoms with E-state index in [1.165, 1.54) is 16.5 Å². The summed E-state index contributed by atoms with van der Waals surface area (Å²) in [6.45, 7) is 5.27. The zero-order valence-electron chi connectivity index (χ0n) is 16.3. The molecule has 0 N–H and O–H groups in total. The number of hydrogen-bond donors (Lipinski definition) is 0. The first kappa shape index (κ1) is 18.4. The van der Waals surface area contributed by atoms with E-state index in [4.69, 9.17) is 0 Å². The number of aromatic nitrogens is 2. The fourth-order valence-corrected chi connectivity index (χ4v) is 3.81. The molecule has 3 heterocycles. The van der Waals surface area contributed by atoms with Crippen molar-refractivity contribution in [3.8, 4) is 0 Å². The molecule has 0 atom stereocenters. The van der Waals surface area contributed by atoms with Crippen molar-refractivity contribution in [1.29, 1.82) is 0 Å². The highest BCUT2D eigenvalue weighted by Gasteiger charge is 2.21. The molecule has 4 rings (SSSR count). The van der Waals surface area contributed by atoms with Gasteiger partial charge in [0.25, 0.3) is 0 Å². The van der Waals surface area contributed by atoms with Gasteiger partial charge in [-0.15, -0.1) is 0 Å². The van der Waals surface area contributed by atoms with Crippen LogP contribution in [0.3, 0.4) is 0 Å².